The largest absolute Gasteiger partial charge is 2.00 e. The van der Waals surface area contributed by atoms with Crippen LogP contribution in [0.4, 0.5) is 0 Å². The van der Waals surface area contributed by atoms with Crippen LogP contribution in [0.5, 0.6) is 0 Å². The minimum Gasteiger partial charge on any atom is -0.412 e. The molecule has 0 aromatic carbocycles. The molecule has 0 aliphatic carbocycles. The minimum absolute atomic E-state index is 0. The maximum atomic E-state index is 8.25. The van der Waals surface area contributed by atoms with Crippen LogP contribution in [0, 0.1) is 46.0 Å². The zero-order valence-electron chi connectivity index (χ0n) is 9.22. The van der Waals surface area contributed by atoms with E-state index in [4.69, 9.17) is 46.0 Å². The Bertz CT molecular complexity index is 120. The number of nitrogens with zero attached hydrogens (tertiary/aromatic N) is 3. The van der Waals surface area contributed by atoms with Crippen molar-refractivity contribution >= 4 is 37.7 Å². The van der Waals surface area contributed by atoms with Gasteiger partial charge in [-0.3, -0.25) is 0 Å². The predicted molar refractivity (Wildman–Crippen MR) is 54.9 cm³/mol. The Balaban J connectivity index is -0.00000000675. The van der Waals surface area contributed by atoms with E-state index in [9.17, 15) is 0 Å². The van der Waals surface area contributed by atoms with Gasteiger partial charge in [0.1, 0.15) is 0 Å². The molecule has 0 aromatic rings. The predicted octanol–water partition coefficient (Wildman–Crippen LogP) is -8.22. The van der Waals surface area contributed by atoms with Crippen LogP contribution in [0.3, 0.4) is 0 Å². The molecule has 0 aliphatic rings. The minimum atomic E-state index is -1.75. The fourth-order valence-electron chi connectivity index (χ4n) is 0. The van der Waals surface area contributed by atoms with Crippen LogP contribution in [-0.2, 0) is 0 Å². The second-order valence-electron chi connectivity index (χ2n) is 0.671. The number of rotatable bonds is 0. The Hall–Kier alpha value is -0.340. The molecule has 0 radical (unpaired) electrons. The topological polar surface area (TPSA) is 356 Å². The van der Waals surface area contributed by atoms with Crippen molar-refractivity contribution in [2.24, 2.45) is 0 Å². The van der Waals surface area contributed by atoms with E-state index in [1.807, 2.05) is 0 Å². The molecule has 0 atom stereocenters. The fraction of sp³-hybridized carbons (Fsp3) is 0. The van der Waals surface area contributed by atoms with Gasteiger partial charge in [-0.15, -0.1) is 0 Å². The monoisotopic (exact) mass is 339 g/mol. The maximum absolute atomic E-state index is 8.25. The van der Waals surface area contributed by atoms with Gasteiger partial charge >= 0.3 is 67.3 Å². The van der Waals surface area contributed by atoms with Crippen molar-refractivity contribution in [1.29, 1.82) is 0 Å². The Morgan fingerprint density at radius 3 is 0.474 bits per heavy atom. The summed E-state index contributed by atoms with van der Waals surface area (Å²) in [4.78, 5) is 24.8. The summed E-state index contributed by atoms with van der Waals surface area (Å²) < 4.78 is 0. The van der Waals surface area contributed by atoms with E-state index >= 15 is 0 Å². The molecule has 0 aliphatic heterocycles. The summed E-state index contributed by atoms with van der Waals surface area (Å²) in [5.74, 6) is 0. The van der Waals surface area contributed by atoms with Gasteiger partial charge in [0.05, 0.1) is 15.3 Å². The molecule has 0 saturated heterocycles. The third-order valence-corrected chi connectivity index (χ3v) is 0. The third kappa shape index (κ3) is 37400. The van der Waals surface area contributed by atoms with E-state index in [2.05, 4.69) is 0 Å². The zero-order valence-corrected chi connectivity index (χ0v) is 13.4. The molecule has 0 saturated carbocycles. The second kappa shape index (κ2) is 65.4. The molecule has 0 unspecified atom stereocenters. The number of hydrogen-bond donors (Lipinski definition) is 0. The van der Waals surface area contributed by atoms with Crippen molar-refractivity contribution in [1.82, 2.24) is 0 Å². The molecular formula is H10CaN3NaO14. The van der Waals surface area contributed by atoms with Gasteiger partial charge in [-0.1, -0.05) is 0 Å². The Morgan fingerprint density at radius 2 is 0.474 bits per heavy atom. The molecule has 0 spiro atoms. The van der Waals surface area contributed by atoms with Crippen LogP contribution in [0.25, 0.3) is 0 Å². The molecule has 0 bridgehead atoms. The Labute approximate surface area is 155 Å². The molecule has 10 N–H and O–H groups in total. The molecule has 0 rings (SSSR count). The summed E-state index contributed by atoms with van der Waals surface area (Å²) >= 11 is 0. The summed E-state index contributed by atoms with van der Waals surface area (Å²) in [5, 5.41) is 44.2. The van der Waals surface area contributed by atoms with Gasteiger partial charge in [-0.2, -0.15) is 0 Å². The molecule has 0 amide bonds. The molecule has 112 valence electrons. The maximum Gasteiger partial charge on any atom is 2.00 e. The summed E-state index contributed by atoms with van der Waals surface area (Å²) in [6.07, 6.45) is 0. The van der Waals surface area contributed by atoms with Crippen LogP contribution >= 0.6 is 0 Å². The van der Waals surface area contributed by atoms with E-state index in [-0.39, 0.29) is 94.7 Å². The Morgan fingerprint density at radius 1 is 0.474 bits per heavy atom. The molecule has 17 nitrogen and oxygen atoms in total. The summed E-state index contributed by atoms with van der Waals surface area (Å²) in [6, 6.07) is 0. The summed E-state index contributed by atoms with van der Waals surface area (Å²) in [6.45, 7) is 0. The summed E-state index contributed by atoms with van der Waals surface area (Å²) in [7, 11) is 0. The van der Waals surface area contributed by atoms with E-state index in [0.717, 1.165) is 0 Å². The van der Waals surface area contributed by atoms with E-state index < -0.39 is 15.3 Å². The molecule has 0 fully saturated rings. The van der Waals surface area contributed by atoms with E-state index in [1.165, 1.54) is 0 Å². The first-order chi connectivity index (χ1) is 5.20. The van der Waals surface area contributed by atoms with Crippen molar-refractivity contribution in [3.63, 3.8) is 0 Å². The van der Waals surface area contributed by atoms with Crippen molar-refractivity contribution in [3.05, 3.63) is 46.0 Å². The first kappa shape index (κ1) is 77.6. The van der Waals surface area contributed by atoms with Gasteiger partial charge in [0.15, 0.2) is 0 Å². The van der Waals surface area contributed by atoms with Crippen molar-refractivity contribution in [2.75, 3.05) is 0 Å². The van der Waals surface area contributed by atoms with Crippen LogP contribution in [0.1, 0.15) is 0 Å². The smallest absolute Gasteiger partial charge is 0.412 e. The van der Waals surface area contributed by atoms with E-state index in [0.29, 0.717) is 0 Å². The number of hydrogen-bond acceptors (Lipinski definition) is 9. The second-order valence-corrected chi connectivity index (χ2v) is 0.671. The zero-order chi connectivity index (χ0) is 10.7. The summed E-state index contributed by atoms with van der Waals surface area (Å²) in [5.41, 5.74) is 0. The molecule has 0 heterocycles. The van der Waals surface area contributed by atoms with Crippen molar-refractivity contribution in [2.45, 2.75) is 0 Å². The van der Waals surface area contributed by atoms with Gasteiger partial charge in [0.25, 0.3) is 0 Å². The normalized spacial score (nSPS) is 3.79. The molecule has 19 heteroatoms. The molecule has 19 heavy (non-hydrogen) atoms. The van der Waals surface area contributed by atoms with Crippen LogP contribution in [0.15, 0.2) is 0 Å². The molecular weight excluding hydrogens is 329 g/mol. The van der Waals surface area contributed by atoms with Gasteiger partial charge in [0, 0.05) is 0 Å². The van der Waals surface area contributed by atoms with Gasteiger partial charge in [0.2, 0.25) is 0 Å². The van der Waals surface area contributed by atoms with Crippen LogP contribution < -0.4 is 29.6 Å². The van der Waals surface area contributed by atoms with Gasteiger partial charge in [-0.25, -0.2) is 0 Å². The van der Waals surface area contributed by atoms with Crippen LogP contribution in [0.2, 0.25) is 0 Å². The van der Waals surface area contributed by atoms with Gasteiger partial charge < -0.3 is 73.3 Å². The Kier molecular flexibility index (Phi) is 267. The first-order valence-corrected chi connectivity index (χ1v) is 1.64. The van der Waals surface area contributed by atoms with Crippen LogP contribution in [-0.4, -0.2) is 80.4 Å². The average molecular weight is 339 g/mol. The SMILES string of the molecule is O.O.O.O.O.O=[N+]([O-])[O-].O=[N+]([O-])[O-].O=[N+]([O-])[O-].[Ca+2].[Na+]. The van der Waals surface area contributed by atoms with Crippen molar-refractivity contribution in [3.8, 4) is 0 Å². The quantitative estimate of drug-likeness (QED) is 0.229. The average Bonchev–Trinajstić information content (AvgIpc) is 1.54. The third-order valence-electron chi connectivity index (χ3n) is 0. The van der Waals surface area contributed by atoms with Crippen molar-refractivity contribution < 1.29 is 72.2 Å². The molecule has 0 aromatic heterocycles. The van der Waals surface area contributed by atoms with E-state index in [1.54, 1.807) is 0 Å². The van der Waals surface area contributed by atoms with Gasteiger partial charge in [-0.05, 0) is 0 Å². The standard InChI is InChI=1S/Ca.3NO3.Na.5H2O/c;3*2-1(3)4;;;;;;/h;;;;;5*1H2/q+2;3*-1;+1;;;;;. The fourth-order valence-corrected chi connectivity index (χ4v) is 0. The first-order valence-electron chi connectivity index (χ1n) is 1.64.